The summed E-state index contributed by atoms with van der Waals surface area (Å²) in [6.45, 7) is 2.19. The molecule has 1 heterocycles. The summed E-state index contributed by atoms with van der Waals surface area (Å²) in [6, 6.07) is 0. The maximum Gasteiger partial charge on any atom is 0.341 e. The lowest BCUT2D eigenvalue weighted by molar-refractivity contribution is 0.0526. The van der Waals surface area contributed by atoms with E-state index in [1.165, 1.54) is 17.7 Å². The zero-order chi connectivity index (χ0) is 13.0. The molecular formula is C13H15NO2S2. The van der Waals surface area contributed by atoms with Gasteiger partial charge in [-0.25, -0.2) is 4.79 Å². The van der Waals surface area contributed by atoms with Crippen molar-refractivity contribution in [1.29, 1.82) is 0 Å². The van der Waals surface area contributed by atoms with E-state index in [2.05, 4.69) is 22.4 Å². The van der Waals surface area contributed by atoms with Gasteiger partial charge in [0.2, 0.25) is 0 Å². The quantitative estimate of drug-likeness (QED) is 0.365. The van der Waals surface area contributed by atoms with Crippen molar-refractivity contribution in [3.63, 3.8) is 0 Å². The number of fused-ring (bicyclic) bond motifs is 1. The van der Waals surface area contributed by atoms with E-state index in [1.807, 2.05) is 6.92 Å². The van der Waals surface area contributed by atoms with E-state index in [9.17, 15) is 4.79 Å². The summed E-state index contributed by atoms with van der Waals surface area (Å²) in [5, 5.41) is 3.02. The summed E-state index contributed by atoms with van der Waals surface area (Å²) >= 11 is 6.21. The number of esters is 1. The summed E-state index contributed by atoms with van der Waals surface area (Å²) in [5.41, 5.74) is 1.75. The molecule has 0 aromatic carbocycles. The Hall–Kier alpha value is -1.03. The van der Waals surface area contributed by atoms with E-state index < -0.39 is 0 Å². The molecule has 0 amide bonds. The number of hydrogen-bond donors (Lipinski definition) is 0. The number of carbonyl (C=O) groups excluding carboxylic acids is 1. The summed E-state index contributed by atoms with van der Waals surface area (Å²) in [6.07, 6.45) is 5.48. The van der Waals surface area contributed by atoms with Crippen molar-refractivity contribution in [2.75, 3.05) is 6.61 Å². The van der Waals surface area contributed by atoms with Crippen molar-refractivity contribution < 1.29 is 9.53 Å². The Bertz CT molecular complexity index is 501. The lowest BCUT2D eigenvalue weighted by atomic mass is 10.1. The predicted molar refractivity (Wildman–Crippen MR) is 76.2 cm³/mol. The molecule has 5 heteroatoms. The van der Waals surface area contributed by atoms with Crippen molar-refractivity contribution in [2.24, 2.45) is 4.99 Å². The normalized spacial score (nSPS) is 14.3. The zero-order valence-electron chi connectivity index (χ0n) is 10.3. The zero-order valence-corrected chi connectivity index (χ0v) is 12.0. The van der Waals surface area contributed by atoms with Gasteiger partial charge in [-0.05, 0) is 50.4 Å². The second-order valence-corrected chi connectivity index (χ2v) is 5.43. The van der Waals surface area contributed by atoms with E-state index in [0.717, 1.165) is 24.8 Å². The standard InChI is InChI=1S/C13H15NO2S2/c1-2-16-13(15)11-9-6-4-3-5-7-10(9)18-12(11)14-8-17/h2-7H2,1H3. The minimum Gasteiger partial charge on any atom is -0.462 e. The fourth-order valence-corrected chi connectivity index (χ4v) is 3.62. The predicted octanol–water partition coefficient (Wildman–Crippen LogP) is 3.93. The Labute approximate surface area is 116 Å². The van der Waals surface area contributed by atoms with E-state index in [0.29, 0.717) is 17.2 Å². The van der Waals surface area contributed by atoms with Crippen molar-refractivity contribution in [1.82, 2.24) is 0 Å². The van der Waals surface area contributed by atoms with Crippen LogP contribution in [0.2, 0.25) is 0 Å². The molecule has 0 saturated carbocycles. The van der Waals surface area contributed by atoms with Crippen LogP contribution in [0, 0.1) is 0 Å². The smallest absolute Gasteiger partial charge is 0.341 e. The largest absolute Gasteiger partial charge is 0.462 e. The molecule has 1 aromatic rings. The summed E-state index contributed by atoms with van der Waals surface area (Å²) in [4.78, 5) is 17.3. The van der Waals surface area contributed by atoms with Gasteiger partial charge in [0.25, 0.3) is 0 Å². The molecule has 0 fully saturated rings. The van der Waals surface area contributed by atoms with Gasteiger partial charge in [0.15, 0.2) is 0 Å². The number of nitrogens with zero attached hydrogens (tertiary/aromatic N) is 1. The minimum absolute atomic E-state index is 0.277. The van der Waals surface area contributed by atoms with Crippen LogP contribution in [0.1, 0.15) is 47.0 Å². The number of isothiocyanates is 1. The van der Waals surface area contributed by atoms with Crippen molar-refractivity contribution >= 4 is 39.7 Å². The number of ether oxygens (including phenoxy) is 1. The van der Waals surface area contributed by atoms with E-state index in [4.69, 9.17) is 4.74 Å². The molecular weight excluding hydrogens is 266 g/mol. The Kier molecular flexibility index (Phi) is 4.64. The molecule has 1 aromatic heterocycles. The Morgan fingerprint density at radius 1 is 1.44 bits per heavy atom. The first-order valence-electron chi connectivity index (χ1n) is 6.17. The van der Waals surface area contributed by atoms with Crippen molar-refractivity contribution in [2.45, 2.75) is 39.0 Å². The van der Waals surface area contributed by atoms with Crippen molar-refractivity contribution in [3.05, 3.63) is 16.0 Å². The topological polar surface area (TPSA) is 38.7 Å². The first-order chi connectivity index (χ1) is 8.77. The van der Waals surface area contributed by atoms with Crippen LogP contribution in [-0.2, 0) is 17.6 Å². The fraction of sp³-hybridized carbons (Fsp3) is 0.538. The monoisotopic (exact) mass is 281 g/mol. The summed E-state index contributed by atoms with van der Waals surface area (Å²) in [7, 11) is 0. The van der Waals surface area contributed by atoms with Gasteiger partial charge in [0.05, 0.1) is 11.8 Å². The van der Waals surface area contributed by atoms with Gasteiger partial charge in [-0.1, -0.05) is 6.42 Å². The Morgan fingerprint density at radius 3 is 2.94 bits per heavy atom. The number of hydrogen-bond acceptors (Lipinski definition) is 5. The molecule has 1 aliphatic rings. The van der Waals surface area contributed by atoms with E-state index >= 15 is 0 Å². The molecule has 0 saturated heterocycles. The Morgan fingerprint density at radius 2 is 2.22 bits per heavy atom. The van der Waals surface area contributed by atoms with E-state index in [-0.39, 0.29) is 5.97 Å². The molecule has 0 radical (unpaired) electrons. The number of aryl methyl sites for hydroxylation is 1. The third kappa shape index (κ3) is 2.69. The first kappa shape index (κ1) is 13.4. The van der Waals surface area contributed by atoms with Gasteiger partial charge in [-0.3, -0.25) is 0 Å². The van der Waals surface area contributed by atoms with Crippen LogP contribution in [0.5, 0.6) is 0 Å². The lowest BCUT2D eigenvalue weighted by Crippen LogP contribution is -2.07. The van der Waals surface area contributed by atoms with Crippen molar-refractivity contribution in [3.8, 4) is 0 Å². The molecule has 0 N–H and O–H groups in total. The molecule has 0 atom stereocenters. The van der Waals surface area contributed by atoms with Gasteiger partial charge in [-0.2, -0.15) is 4.99 Å². The summed E-state index contributed by atoms with van der Waals surface area (Å²) in [5.74, 6) is -0.277. The van der Waals surface area contributed by atoms with Crippen LogP contribution in [-0.4, -0.2) is 17.7 Å². The molecule has 0 aliphatic heterocycles. The summed E-state index contributed by atoms with van der Waals surface area (Å²) < 4.78 is 5.13. The SMILES string of the molecule is CCOC(=O)c1c(N=C=S)sc2c1CCCCC2. The average molecular weight is 281 g/mol. The van der Waals surface area contributed by atoms with Gasteiger partial charge in [-0.15, -0.1) is 11.3 Å². The average Bonchev–Trinajstić information content (AvgIpc) is 2.53. The molecule has 18 heavy (non-hydrogen) atoms. The van der Waals surface area contributed by atoms with Gasteiger partial charge in [0.1, 0.15) is 10.6 Å². The third-order valence-corrected chi connectivity index (χ3v) is 4.31. The number of thiocarbonyl (C=S) groups is 1. The van der Waals surface area contributed by atoms with Crippen LogP contribution in [0.4, 0.5) is 5.00 Å². The number of rotatable bonds is 3. The Balaban J connectivity index is 2.48. The first-order valence-corrected chi connectivity index (χ1v) is 7.40. The van der Waals surface area contributed by atoms with Crippen LogP contribution >= 0.6 is 23.6 Å². The molecule has 2 rings (SSSR count). The van der Waals surface area contributed by atoms with Gasteiger partial charge >= 0.3 is 5.97 Å². The molecule has 3 nitrogen and oxygen atoms in total. The minimum atomic E-state index is -0.277. The highest BCUT2D eigenvalue weighted by Crippen LogP contribution is 2.39. The number of carbonyl (C=O) groups is 1. The third-order valence-electron chi connectivity index (χ3n) is 3.03. The van der Waals surface area contributed by atoms with Crippen LogP contribution in [0.15, 0.2) is 4.99 Å². The van der Waals surface area contributed by atoms with Gasteiger partial charge < -0.3 is 4.74 Å². The molecule has 0 bridgehead atoms. The lowest BCUT2D eigenvalue weighted by Gasteiger charge is -2.04. The maximum atomic E-state index is 12.0. The molecule has 1 aliphatic carbocycles. The molecule has 0 spiro atoms. The molecule has 96 valence electrons. The fourth-order valence-electron chi connectivity index (χ4n) is 2.26. The molecule has 0 unspecified atom stereocenters. The highest BCUT2D eigenvalue weighted by Gasteiger charge is 2.25. The second-order valence-electron chi connectivity index (χ2n) is 4.17. The van der Waals surface area contributed by atoms with Crippen LogP contribution in [0.25, 0.3) is 0 Å². The van der Waals surface area contributed by atoms with Crippen LogP contribution < -0.4 is 0 Å². The van der Waals surface area contributed by atoms with Gasteiger partial charge in [0, 0.05) is 4.88 Å². The van der Waals surface area contributed by atoms with Crippen LogP contribution in [0.3, 0.4) is 0 Å². The van der Waals surface area contributed by atoms with E-state index in [1.54, 1.807) is 11.3 Å². The second kappa shape index (κ2) is 6.23. The number of thiophene rings is 1. The maximum absolute atomic E-state index is 12.0. The number of aliphatic imine (C=N–C) groups is 1. The highest BCUT2D eigenvalue weighted by molar-refractivity contribution is 7.78. The highest BCUT2D eigenvalue weighted by atomic mass is 32.1.